The third-order valence-corrected chi connectivity index (χ3v) is 2.72. The maximum atomic E-state index is 11.5. The fourth-order valence-electron chi connectivity index (χ4n) is 1.86. The minimum absolute atomic E-state index is 0.0553. The molecule has 1 aromatic carbocycles. The van der Waals surface area contributed by atoms with E-state index in [4.69, 9.17) is 0 Å². The molecule has 0 fully saturated rings. The zero-order valence-electron chi connectivity index (χ0n) is 9.74. The van der Waals surface area contributed by atoms with Gasteiger partial charge in [0.25, 0.3) is 0 Å². The van der Waals surface area contributed by atoms with E-state index in [1.54, 1.807) is 6.92 Å². The summed E-state index contributed by atoms with van der Waals surface area (Å²) in [6, 6.07) is 5.69. The predicted molar refractivity (Wildman–Crippen MR) is 63.5 cm³/mol. The van der Waals surface area contributed by atoms with Gasteiger partial charge in [0, 0.05) is 12.6 Å². The van der Waals surface area contributed by atoms with Crippen molar-refractivity contribution < 1.29 is 4.79 Å². The van der Waals surface area contributed by atoms with E-state index in [0.717, 1.165) is 16.9 Å². The van der Waals surface area contributed by atoms with Crippen molar-refractivity contribution in [1.82, 2.24) is 14.9 Å². The van der Waals surface area contributed by atoms with Gasteiger partial charge in [0.05, 0.1) is 17.6 Å². The highest BCUT2D eigenvalue weighted by Gasteiger charge is 2.12. The number of para-hydroxylation sites is 1. The summed E-state index contributed by atoms with van der Waals surface area (Å²) >= 11 is 0. The summed E-state index contributed by atoms with van der Waals surface area (Å²) in [5.41, 5.74) is 2.48. The number of benzene rings is 1. The minimum atomic E-state index is 0.0553. The number of fused-ring (bicyclic) bond motifs is 1. The van der Waals surface area contributed by atoms with Crippen LogP contribution >= 0.6 is 0 Å². The van der Waals surface area contributed by atoms with Crippen molar-refractivity contribution >= 4 is 16.8 Å². The standard InChI is InChI=1S/C12H15N3O/c1-8(16)9-5-4-6-10-12(9)14-11(7-13-2)15(10)3/h4-6,13H,7H2,1-3H3. The molecule has 0 atom stereocenters. The smallest absolute Gasteiger partial charge is 0.162 e. The third-order valence-electron chi connectivity index (χ3n) is 2.72. The van der Waals surface area contributed by atoms with Gasteiger partial charge in [0.1, 0.15) is 5.82 Å². The van der Waals surface area contributed by atoms with E-state index in [2.05, 4.69) is 10.3 Å². The van der Waals surface area contributed by atoms with Crippen LogP contribution in [0.4, 0.5) is 0 Å². The number of imidazole rings is 1. The van der Waals surface area contributed by atoms with Crippen LogP contribution in [-0.4, -0.2) is 22.4 Å². The zero-order chi connectivity index (χ0) is 11.7. The Balaban J connectivity index is 2.70. The number of nitrogens with zero attached hydrogens (tertiary/aromatic N) is 2. The molecule has 2 rings (SSSR count). The van der Waals surface area contributed by atoms with Crippen molar-refractivity contribution in [2.24, 2.45) is 7.05 Å². The lowest BCUT2D eigenvalue weighted by Gasteiger charge is -2.00. The zero-order valence-corrected chi connectivity index (χ0v) is 9.74. The summed E-state index contributed by atoms with van der Waals surface area (Å²) in [7, 11) is 3.84. The molecule has 2 aromatic rings. The molecule has 0 aliphatic carbocycles. The summed E-state index contributed by atoms with van der Waals surface area (Å²) in [5, 5.41) is 3.07. The Hall–Kier alpha value is -1.68. The van der Waals surface area contributed by atoms with Gasteiger partial charge in [0.2, 0.25) is 0 Å². The van der Waals surface area contributed by atoms with Crippen LogP contribution < -0.4 is 5.32 Å². The van der Waals surface area contributed by atoms with Gasteiger partial charge >= 0.3 is 0 Å². The Bertz CT molecular complexity index is 542. The molecule has 1 aromatic heterocycles. The molecule has 0 saturated carbocycles. The lowest BCUT2D eigenvalue weighted by Crippen LogP contribution is -2.10. The molecule has 0 aliphatic rings. The lowest BCUT2D eigenvalue weighted by molar-refractivity contribution is 0.101. The quantitative estimate of drug-likeness (QED) is 0.792. The van der Waals surface area contributed by atoms with E-state index in [1.165, 1.54) is 0 Å². The molecule has 1 N–H and O–H groups in total. The second-order valence-electron chi connectivity index (χ2n) is 3.85. The summed E-state index contributed by atoms with van der Waals surface area (Å²) < 4.78 is 2.01. The van der Waals surface area contributed by atoms with Crippen LogP contribution in [0.1, 0.15) is 23.1 Å². The van der Waals surface area contributed by atoms with Gasteiger partial charge in [-0.3, -0.25) is 4.79 Å². The molecule has 0 amide bonds. The number of hydrogen-bond donors (Lipinski definition) is 1. The van der Waals surface area contributed by atoms with Crippen LogP contribution in [-0.2, 0) is 13.6 Å². The summed E-state index contributed by atoms with van der Waals surface area (Å²) in [6.07, 6.45) is 0. The van der Waals surface area contributed by atoms with E-state index in [9.17, 15) is 4.79 Å². The van der Waals surface area contributed by atoms with Gasteiger partial charge in [0.15, 0.2) is 5.78 Å². The SMILES string of the molecule is CNCc1nc2c(C(C)=O)cccc2n1C. The van der Waals surface area contributed by atoms with Crippen LogP contribution in [0.5, 0.6) is 0 Å². The first kappa shape index (κ1) is 10.8. The van der Waals surface area contributed by atoms with Gasteiger partial charge in [-0.1, -0.05) is 6.07 Å². The van der Waals surface area contributed by atoms with Gasteiger partial charge in [-0.25, -0.2) is 4.98 Å². The highest BCUT2D eigenvalue weighted by Crippen LogP contribution is 2.19. The van der Waals surface area contributed by atoms with Crippen molar-refractivity contribution in [3.63, 3.8) is 0 Å². The summed E-state index contributed by atoms with van der Waals surface area (Å²) in [4.78, 5) is 16.0. The number of Topliss-reactive ketones (excluding diaryl/α,β-unsaturated/α-hetero) is 1. The molecule has 0 saturated heterocycles. The molecule has 1 heterocycles. The Kier molecular flexibility index (Phi) is 2.75. The van der Waals surface area contributed by atoms with Gasteiger partial charge in [-0.2, -0.15) is 0 Å². The molecule has 4 heteroatoms. The highest BCUT2D eigenvalue weighted by molar-refractivity contribution is 6.04. The average Bonchev–Trinajstić information content (AvgIpc) is 2.57. The molecular weight excluding hydrogens is 202 g/mol. The number of ketones is 1. The van der Waals surface area contributed by atoms with Crippen LogP contribution in [0, 0.1) is 0 Å². The molecule has 0 radical (unpaired) electrons. The first-order valence-corrected chi connectivity index (χ1v) is 5.25. The Morgan fingerprint density at radius 1 is 1.50 bits per heavy atom. The normalized spacial score (nSPS) is 10.9. The number of aromatic nitrogens is 2. The lowest BCUT2D eigenvalue weighted by atomic mass is 10.1. The molecule has 0 bridgehead atoms. The number of carbonyl (C=O) groups excluding carboxylic acids is 1. The monoisotopic (exact) mass is 217 g/mol. The highest BCUT2D eigenvalue weighted by atomic mass is 16.1. The van der Waals surface area contributed by atoms with Crippen molar-refractivity contribution in [2.45, 2.75) is 13.5 Å². The topological polar surface area (TPSA) is 46.9 Å². The second-order valence-corrected chi connectivity index (χ2v) is 3.85. The maximum absolute atomic E-state index is 11.5. The van der Waals surface area contributed by atoms with E-state index in [1.807, 2.05) is 36.9 Å². The van der Waals surface area contributed by atoms with Gasteiger partial charge in [-0.15, -0.1) is 0 Å². The first-order chi connectivity index (χ1) is 7.65. The van der Waals surface area contributed by atoms with Crippen LogP contribution in [0.15, 0.2) is 18.2 Å². The molecule has 4 nitrogen and oxygen atoms in total. The number of rotatable bonds is 3. The molecule has 0 aliphatic heterocycles. The maximum Gasteiger partial charge on any atom is 0.162 e. The number of aryl methyl sites for hydroxylation is 1. The van der Waals surface area contributed by atoms with Crippen LogP contribution in [0.3, 0.4) is 0 Å². The van der Waals surface area contributed by atoms with E-state index in [-0.39, 0.29) is 5.78 Å². The fraction of sp³-hybridized carbons (Fsp3) is 0.333. The van der Waals surface area contributed by atoms with E-state index < -0.39 is 0 Å². The number of hydrogen-bond acceptors (Lipinski definition) is 3. The average molecular weight is 217 g/mol. The summed E-state index contributed by atoms with van der Waals surface area (Å²) in [6.45, 7) is 2.27. The Labute approximate surface area is 94.3 Å². The predicted octanol–water partition coefficient (Wildman–Crippen LogP) is 1.50. The molecule has 16 heavy (non-hydrogen) atoms. The molecule has 84 valence electrons. The minimum Gasteiger partial charge on any atom is -0.330 e. The third kappa shape index (κ3) is 1.61. The first-order valence-electron chi connectivity index (χ1n) is 5.25. The van der Waals surface area contributed by atoms with E-state index >= 15 is 0 Å². The molecular formula is C12H15N3O. The van der Waals surface area contributed by atoms with Gasteiger partial charge < -0.3 is 9.88 Å². The molecule has 0 spiro atoms. The second kappa shape index (κ2) is 4.06. The van der Waals surface area contributed by atoms with E-state index in [0.29, 0.717) is 12.1 Å². The number of carbonyl (C=O) groups is 1. The van der Waals surface area contributed by atoms with Crippen molar-refractivity contribution in [3.05, 3.63) is 29.6 Å². The van der Waals surface area contributed by atoms with Crippen LogP contribution in [0.2, 0.25) is 0 Å². The van der Waals surface area contributed by atoms with Crippen molar-refractivity contribution in [3.8, 4) is 0 Å². The van der Waals surface area contributed by atoms with Crippen molar-refractivity contribution in [2.75, 3.05) is 7.05 Å². The van der Waals surface area contributed by atoms with Crippen LogP contribution in [0.25, 0.3) is 11.0 Å². The largest absolute Gasteiger partial charge is 0.330 e. The fourth-order valence-corrected chi connectivity index (χ4v) is 1.86. The number of nitrogens with one attached hydrogen (secondary N) is 1. The Morgan fingerprint density at radius 2 is 2.25 bits per heavy atom. The van der Waals surface area contributed by atoms with Crippen molar-refractivity contribution in [1.29, 1.82) is 0 Å². The Morgan fingerprint density at radius 3 is 2.88 bits per heavy atom. The summed E-state index contributed by atoms with van der Waals surface area (Å²) in [5.74, 6) is 0.992. The van der Waals surface area contributed by atoms with Gasteiger partial charge in [-0.05, 0) is 26.1 Å². The molecule has 0 unspecified atom stereocenters.